The van der Waals surface area contributed by atoms with Crippen LogP contribution in [0.3, 0.4) is 0 Å². The van der Waals surface area contributed by atoms with Crippen LogP contribution in [0.15, 0.2) is 76.6 Å². The first kappa shape index (κ1) is 19.7. The summed E-state index contributed by atoms with van der Waals surface area (Å²) in [6, 6.07) is 18.2. The molecule has 0 unspecified atom stereocenters. The molecule has 2 heterocycles. The van der Waals surface area contributed by atoms with E-state index in [0.29, 0.717) is 27.7 Å². The SMILES string of the molecule is COc1ccc(Nc2nc3c(C)cccn3c(=O)c2C=Nc2ccc(Cl)cc2)cc1. The van der Waals surface area contributed by atoms with Gasteiger partial charge in [0.15, 0.2) is 0 Å². The van der Waals surface area contributed by atoms with E-state index in [0.717, 1.165) is 17.0 Å². The fraction of sp³-hybridized carbons (Fsp3) is 0.0870. The molecule has 0 aliphatic heterocycles. The van der Waals surface area contributed by atoms with Crippen molar-refractivity contribution >= 4 is 40.7 Å². The number of rotatable bonds is 5. The Morgan fingerprint density at radius 3 is 2.53 bits per heavy atom. The molecule has 6 nitrogen and oxygen atoms in total. The summed E-state index contributed by atoms with van der Waals surface area (Å²) in [5.41, 5.74) is 3.09. The number of aryl methyl sites for hydroxylation is 1. The number of benzene rings is 2. The average molecular weight is 419 g/mol. The molecule has 2 aromatic carbocycles. The second-order valence-electron chi connectivity index (χ2n) is 6.65. The summed E-state index contributed by atoms with van der Waals surface area (Å²) >= 11 is 5.94. The fourth-order valence-corrected chi connectivity index (χ4v) is 3.13. The Kier molecular flexibility index (Phi) is 5.50. The maximum Gasteiger partial charge on any atom is 0.268 e. The van der Waals surface area contributed by atoms with Crippen molar-refractivity contribution in [1.29, 1.82) is 0 Å². The predicted octanol–water partition coefficient (Wildman–Crippen LogP) is 5.16. The van der Waals surface area contributed by atoms with E-state index >= 15 is 0 Å². The van der Waals surface area contributed by atoms with Gasteiger partial charge in [-0.25, -0.2) is 4.98 Å². The van der Waals surface area contributed by atoms with Gasteiger partial charge in [-0.2, -0.15) is 0 Å². The van der Waals surface area contributed by atoms with Gasteiger partial charge in [0.1, 0.15) is 22.8 Å². The summed E-state index contributed by atoms with van der Waals surface area (Å²) in [5, 5.41) is 3.86. The van der Waals surface area contributed by atoms with E-state index in [4.69, 9.17) is 21.3 Å². The van der Waals surface area contributed by atoms with E-state index < -0.39 is 0 Å². The van der Waals surface area contributed by atoms with E-state index in [1.807, 2.05) is 43.3 Å². The number of halogens is 1. The average Bonchev–Trinajstić information content (AvgIpc) is 2.76. The molecule has 0 bridgehead atoms. The molecule has 0 aliphatic rings. The van der Waals surface area contributed by atoms with Gasteiger partial charge in [-0.15, -0.1) is 0 Å². The number of hydrogen-bond donors (Lipinski definition) is 1. The molecule has 7 heteroatoms. The Labute approximate surface area is 178 Å². The summed E-state index contributed by atoms with van der Waals surface area (Å²) in [4.78, 5) is 22.4. The Balaban J connectivity index is 1.82. The summed E-state index contributed by atoms with van der Waals surface area (Å²) in [5.74, 6) is 1.17. The van der Waals surface area contributed by atoms with Crippen LogP contribution < -0.4 is 15.6 Å². The molecule has 0 atom stereocenters. The van der Waals surface area contributed by atoms with Crippen molar-refractivity contribution in [3.05, 3.63) is 93.4 Å². The lowest BCUT2D eigenvalue weighted by molar-refractivity contribution is 0.415. The first-order valence-corrected chi connectivity index (χ1v) is 9.65. The molecule has 0 spiro atoms. The zero-order valence-corrected chi connectivity index (χ0v) is 17.2. The lowest BCUT2D eigenvalue weighted by Gasteiger charge is -2.12. The van der Waals surface area contributed by atoms with E-state index in [9.17, 15) is 4.79 Å². The van der Waals surface area contributed by atoms with Crippen LogP contribution >= 0.6 is 11.6 Å². The van der Waals surface area contributed by atoms with Crippen LogP contribution in [-0.4, -0.2) is 22.7 Å². The van der Waals surface area contributed by atoms with Gasteiger partial charge in [-0.05, 0) is 67.1 Å². The van der Waals surface area contributed by atoms with Crippen LogP contribution in [-0.2, 0) is 0 Å². The van der Waals surface area contributed by atoms with Crippen molar-refractivity contribution in [1.82, 2.24) is 9.38 Å². The lowest BCUT2D eigenvalue weighted by atomic mass is 10.2. The molecule has 1 N–H and O–H groups in total. The summed E-state index contributed by atoms with van der Waals surface area (Å²) in [6.07, 6.45) is 3.23. The first-order chi connectivity index (χ1) is 14.5. The minimum Gasteiger partial charge on any atom is -0.497 e. The van der Waals surface area contributed by atoms with E-state index in [2.05, 4.69) is 10.3 Å². The largest absolute Gasteiger partial charge is 0.497 e. The smallest absolute Gasteiger partial charge is 0.268 e. The number of methoxy groups -OCH3 is 1. The predicted molar refractivity (Wildman–Crippen MR) is 121 cm³/mol. The van der Waals surface area contributed by atoms with Crippen LogP contribution in [0.5, 0.6) is 5.75 Å². The number of ether oxygens (including phenoxy) is 1. The van der Waals surface area contributed by atoms with Crippen molar-refractivity contribution in [2.24, 2.45) is 4.99 Å². The second kappa shape index (κ2) is 8.39. The monoisotopic (exact) mass is 418 g/mol. The van der Waals surface area contributed by atoms with Gasteiger partial charge in [0.2, 0.25) is 0 Å². The van der Waals surface area contributed by atoms with Crippen molar-refractivity contribution < 1.29 is 4.74 Å². The highest BCUT2D eigenvalue weighted by Gasteiger charge is 2.13. The second-order valence-corrected chi connectivity index (χ2v) is 7.09. The highest BCUT2D eigenvalue weighted by atomic mass is 35.5. The van der Waals surface area contributed by atoms with Gasteiger partial charge >= 0.3 is 0 Å². The normalized spacial score (nSPS) is 11.2. The number of aromatic nitrogens is 2. The molecule has 0 saturated carbocycles. The number of fused-ring (bicyclic) bond motifs is 1. The molecule has 0 amide bonds. The molecule has 150 valence electrons. The van der Waals surface area contributed by atoms with Crippen LogP contribution in [0, 0.1) is 6.92 Å². The fourth-order valence-electron chi connectivity index (χ4n) is 3.00. The standard InChI is InChI=1S/C23H19ClN4O2/c1-15-4-3-13-28-22(15)27-21(26-18-9-11-19(30-2)12-10-18)20(23(28)29)14-25-17-7-5-16(24)6-8-17/h3-14,26H,1-2H3. The van der Waals surface area contributed by atoms with Crippen molar-refractivity contribution in [2.75, 3.05) is 12.4 Å². The third-order valence-electron chi connectivity index (χ3n) is 4.61. The van der Waals surface area contributed by atoms with Gasteiger partial charge in [-0.1, -0.05) is 17.7 Å². The van der Waals surface area contributed by atoms with Gasteiger partial charge in [0, 0.05) is 23.1 Å². The van der Waals surface area contributed by atoms with Crippen molar-refractivity contribution in [2.45, 2.75) is 6.92 Å². The minimum atomic E-state index is -0.211. The molecule has 0 fully saturated rings. The highest BCUT2D eigenvalue weighted by molar-refractivity contribution is 6.30. The number of nitrogens with zero attached hydrogens (tertiary/aromatic N) is 3. The number of anilines is 2. The van der Waals surface area contributed by atoms with Gasteiger partial charge < -0.3 is 10.1 Å². The molecule has 30 heavy (non-hydrogen) atoms. The number of hydrogen-bond acceptors (Lipinski definition) is 5. The Morgan fingerprint density at radius 2 is 1.83 bits per heavy atom. The van der Waals surface area contributed by atoms with Crippen LogP contribution in [0.4, 0.5) is 17.2 Å². The van der Waals surface area contributed by atoms with Gasteiger partial charge in [-0.3, -0.25) is 14.2 Å². The molecule has 0 saturated heterocycles. The quantitative estimate of drug-likeness (QED) is 0.454. The van der Waals surface area contributed by atoms with Crippen molar-refractivity contribution in [3.8, 4) is 5.75 Å². The number of nitrogens with one attached hydrogen (secondary N) is 1. The van der Waals surface area contributed by atoms with Crippen LogP contribution in [0.1, 0.15) is 11.1 Å². The van der Waals surface area contributed by atoms with Crippen molar-refractivity contribution in [3.63, 3.8) is 0 Å². The minimum absolute atomic E-state index is 0.211. The number of pyridine rings is 1. The Morgan fingerprint density at radius 1 is 1.10 bits per heavy atom. The van der Waals surface area contributed by atoms with E-state index in [-0.39, 0.29) is 5.56 Å². The van der Waals surface area contributed by atoms with E-state index in [1.54, 1.807) is 37.6 Å². The summed E-state index contributed by atoms with van der Waals surface area (Å²) < 4.78 is 6.73. The number of aliphatic imine (C=N–C) groups is 1. The third kappa shape index (κ3) is 4.04. The first-order valence-electron chi connectivity index (χ1n) is 9.28. The molecular formula is C23H19ClN4O2. The highest BCUT2D eigenvalue weighted by Crippen LogP contribution is 2.22. The Hall–Kier alpha value is -3.64. The molecule has 4 aromatic rings. The maximum absolute atomic E-state index is 13.2. The van der Waals surface area contributed by atoms with Crippen LogP contribution in [0.25, 0.3) is 5.65 Å². The molecular weight excluding hydrogens is 400 g/mol. The third-order valence-corrected chi connectivity index (χ3v) is 4.86. The van der Waals surface area contributed by atoms with Crippen LogP contribution in [0.2, 0.25) is 5.02 Å². The Bertz CT molecular complexity index is 1280. The van der Waals surface area contributed by atoms with E-state index in [1.165, 1.54) is 10.6 Å². The molecule has 0 aliphatic carbocycles. The lowest BCUT2D eigenvalue weighted by Crippen LogP contribution is -2.22. The zero-order valence-electron chi connectivity index (χ0n) is 16.5. The topological polar surface area (TPSA) is 68.0 Å². The summed E-state index contributed by atoms with van der Waals surface area (Å²) in [6.45, 7) is 1.92. The van der Waals surface area contributed by atoms with Gasteiger partial charge in [0.05, 0.1) is 12.8 Å². The molecule has 4 rings (SSSR count). The molecule has 2 aromatic heterocycles. The summed E-state index contributed by atoms with van der Waals surface area (Å²) in [7, 11) is 1.61. The molecule has 0 radical (unpaired) electrons. The maximum atomic E-state index is 13.2. The zero-order chi connectivity index (χ0) is 21.1. The van der Waals surface area contributed by atoms with Gasteiger partial charge in [0.25, 0.3) is 5.56 Å².